The molecule has 0 aliphatic heterocycles. The Bertz CT molecular complexity index is 777. The van der Waals surface area contributed by atoms with Crippen LogP contribution in [0.15, 0.2) is 54.7 Å². The molecular formula is C18H19N3O2. The molecule has 0 amide bonds. The van der Waals surface area contributed by atoms with E-state index in [4.69, 9.17) is 4.74 Å². The van der Waals surface area contributed by atoms with Crippen molar-refractivity contribution in [3.05, 3.63) is 60.3 Å². The van der Waals surface area contributed by atoms with Gasteiger partial charge in [-0.3, -0.25) is 0 Å². The van der Waals surface area contributed by atoms with E-state index in [0.29, 0.717) is 6.54 Å². The van der Waals surface area contributed by atoms with Gasteiger partial charge in [-0.15, -0.1) is 0 Å². The molecule has 118 valence electrons. The van der Waals surface area contributed by atoms with Gasteiger partial charge in [0.1, 0.15) is 11.5 Å². The quantitative estimate of drug-likeness (QED) is 0.758. The summed E-state index contributed by atoms with van der Waals surface area (Å²) in [5.74, 6) is 1.90. The molecule has 0 fully saturated rings. The third-order valence-corrected chi connectivity index (χ3v) is 3.76. The van der Waals surface area contributed by atoms with Crippen molar-refractivity contribution < 1.29 is 9.84 Å². The summed E-state index contributed by atoms with van der Waals surface area (Å²) in [5.41, 5.74) is 3.19. The first-order valence-corrected chi connectivity index (χ1v) is 7.35. The van der Waals surface area contributed by atoms with Gasteiger partial charge in [-0.1, -0.05) is 12.1 Å². The van der Waals surface area contributed by atoms with Crippen LogP contribution in [0.4, 0.5) is 5.95 Å². The summed E-state index contributed by atoms with van der Waals surface area (Å²) in [4.78, 5) is 4.44. The van der Waals surface area contributed by atoms with Crippen LogP contribution in [0.5, 0.6) is 11.5 Å². The van der Waals surface area contributed by atoms with Crippen LogP contribution in [0.3, 0.4) is 0 Å². The van der Waals surface area contributed by atoms with Gasteiger partial charge in [0.05, 0.1) is 19.0 Å². The van der Waals surface area contributed by atoms with Gasteiger partial charge in [0, 0.05) is 19.2 Å². The van der Waals surface area contributed by atoms with Crippen LogP contribution in [0.2, 0.25) is 0 Å². The second-order valence-electron chi connectivity index (χ2n) is 5.27. The lowest BCUT2D eigenvalue weighted by atomic mass is 10.1. The van der Waals surface area contributed by atoms with Gasteiger partial charge in [-0.25, -0.2) is 4.98 Å². The topological polar surface area (TPSA) is 59.3 Å². The lowest BCUT2D eigenvalue weighted by molar-refractivity contribution is 0.415. The van der Waals surface area contributed by atoms with Gasteiger partial charge >= 0.3 is 0 Å². The lowest BCUT2D eigenvalue weighted by Gasteiger charge is -2.09. The number of methoxy groups -OCH3 is 1. The maximum absolute atomic E-state index is 9.31. The van der Waals surface area contributed by atoms with Crippen LogP contribution in [0.25, 0.3) is 11.3 Å². The SMILES string of the molecule is COc1ccc(-c2cnc(NCc3ccc(O)cc3)n2C)cc1. The number of hydrogen-bond acceptors (Lipinski definition) is 4. The highest BCUT2D eigenvalue weighted by atomic mass is 16.5. The maximum Gasteiger partial charge on any atom is 0.203 e. The van der Waals surface area contributed by atoms with Crippen molar-refractivity contribution in [1.29, 1.82) is 0 Å². The summed E-state index contributed by atoms with van der Waals surface area (Å²) < 4.78 is 7.20. The zero-order chi connectivity index (χ0) is 16.2. The third kappa shape index (κ3) is 3.29. The van der Waals surface area contributed by atoms with E-state index >= 15 is 0 Å². The average Bonchev–Trinajstić information content (AvgIpc) is 2.95. The zero-order valence-corrected chi connectivity index (χ0v) is 13.2. The molecule has 3 rings (SSSR count). The van der Waals surface area contributed by atoms with E-state index < -0.39 is 0 Å². The van der Waals surface area contributed by atoms with E-state index in [-0.39, 0.29) is 5.75 Å². The molecule has 0 unspecified atom stereocenters. The van der Waals surface area contributed by atoms with Crippen molar-refractivity contribution in [2.75, 3.05) is 12.4 Å². The first-order chi connectivity index (χ1) is 11.2. The largest absolute Gasteiger partial charge is 0.508 e. The molecule has 0 radical (unpaired) electrons. The predicted molar refractivity (Wildman–Crippen MR) is 90.6 cm³/mol. The summed E-state index contributed by atoms with van der Waals surface area (Å²) in [5, 5.41) is 12.6. The van der Waals surface area contributed by atoms with Crippen LogP contribution in [0.1, 0.15) is 5.56 Å². The van der Waals surface area contributed by atoms with Crippen LogP contribution in [-0.2, 0) is 13.6 Å². The summed E-state index contributed by atoms with van der Waals surface area (Å²) in [6.07, 6.45) is 1.85. The fourth-order valence-electron chi connectivity index (χ4n) is 2.40. The molecule has 3 aromatic rings. The number of nitrogens with one attached hydrogen (secondary N) is 1. The first kappa shape index (κ1) is 15.0. The number of phenols is 1. The number of hydrogen-bond donors (Lipinski definition) is 2. The van der Waals surface area contributed by atoms with Crippen LogP contribution >= 0.6 is 0 Å². The third-order valence-electron chi connectivity index (χ3n) is 3.76. The Balaban J connectivity index is 1.74. The molecule has 0 aliphatic carbocycles. The van der Waals surface area contributed by atoms with E-state index in [0.717, 1.165) is 28.5 Å². The second-order valence-corrected chi connectivity index (χ2v) is 5.27. The highest BCUT2D eigenvalue weighted by Gasteiger charge is 2.08. The molecule has 5 nitrogen and oxygen atoms in total. The Kier molecular flexibility index (Phi) is 4.19. The number of anilines is 1. The molecule has 0 bridgehead atoms. The minimum Gasteiger partial charge on any atom is -0.508 e. The van der Waals surface area contributed by atoms with Crippen molar-refractivity contribution in [2.24, 2.45) is 7.05 Å². The second kappa shape index (κ2) is 6.44. The van der Waals surface area contributed by atoms with Crippen molar-refractivity contribution >= 4 is 5.95 Å². The Morgan fingerprint density at radius 1 is 1.09 bits per heavy atom. The Hall–Kier alpha value is -2.95. The van der Waals surface area contributed by atoms with E-state index in [1.54, 1.807) is 19.2 Å². The van der Waals surface area contributed by atoms with Crippen molar-refractivity contribution in [1.82, 2.24) is 9.55 Å². The number of ether oxygens (including phenoxy) is 1. The fourth-order valence-corrected chi connectivity index (χ4v) is 2.40. The molecule has 0 spiro atoms. The minimum atomic E-state index is 0.271. The number of phenolic OH excluding ortho intramolecular Hbond substituents is 1. The molecule has 0 aliphatic rings. The molecule has 1 heterocycles. The van der Waals surface area contributed by atoms with Gasteiger partial charge in [-0.2, -0.15) is 0 Å². The summed E-state index contributed by atoms with van der Waals surface area (Å²) in [7, 11) is 3.64. The zero-order valence-electron chi connectivity index (χ0n) is 13.2. The number of imidazole rings is 1. The van der Waals surface area contributed by atoms with Gasteiger partial charge in [0.15, 0.2) is 0 Å². The van der Waals surface area contributed by atoms with E-state index in [2.05, 4.69) is 10.3 Å². The number of benzene rings is 2. The van der Waals surface area contributed by atoms with E-state index in [1.807, 2.05) is 54.2 Å². The van der Waals surface area contributed by atoms with Gasteiger partial charge in [-0.05, 0) is 42.0 Å². The van der Waals surface area contributed by atoms with Gasteiger partial charge < -0.3 is 19.7 Å². The standard InChI is InChI=1S/C18H19N3O2/c1-21-17(14-5-9-16(23-2)10-6-14)12-20-18(21)19-11-13-3-7-15(22)8-4-13/h3-10,12,22H,11H2,1-2H3,(H,19,20). The molecule has 0 saturated heterocycles. The Labute approximate surface area is 135 Å². The van der Waals surface area contributed by atoms with Crippen LogP contribution in [0, 0.1) is 0 Å². The smallest absolute Gasteiger partial charge is 0.203 e. The van der Waals surface area contributed by atoms with Crippen LogP contribution in [-0.4, -0.2) is 21.8 Å². The number of rotatable bonds is 5. The Morgan fingerprint density at radius 3 is 2.43 bits per heavy atom. The molecule has 23 heavy (non-hydrogen) atoms. The van der Waals surface area contributed by atoms with Gasteiger partial charge in [0.2, 0.25) is 5.95 Å². The molecular weight excluding hydrogens is 290 g/mol. The van der Waals surface area contributed by atoms with Crippen LogP contribution < -0.4 is 10.1 Å². The van der Waals surface area contributed by atoms with Crippen molar-refractivity contribution in [3.63, 3.8) is 0 Å². The summed E-state index contributed by atoms with van der Waals surface area (Å²) in [6.45, 7) is 0.646. The normalized spacial score (nSPS) is 10.5. The fraction of sp³-hybridized carbons (Fsp3) is 0.167. The molecule has 2 N–H and O–H groups in total. The molecule has 2 aromatic carbocycles. The monoisotopic (exact) mass is 309 g/mol. The van der Waals surface area contributed by atoms with Gasteiger partial charge in [0.25, 0.3) is 0 Å². The predicted octanol–water partition coefficient (Wildman–Crippen LogP) is 3.41. The minimum absolute atomic E-state index is 0.271. The molecule has 0 saturated carbocycles. The highest BCUT2D eigenvalue weighted by molar-refractivity contribution is 5.62. The summed E-state index contributed by atoms with van der Waals surface area (Å²) >= 11 is 0. The van der Waals surface area contributed by atoms with Crippen molar-refractivity contribution in [3.8, 4) is 22.8 Å². The average molecular weight is 309 g/mol. The molecule has 0 atom stereocenters. The first-order valence-electron chi connectivity index (χ1n) is 7.35. The summed E-state index contributed by atoms with van der Waals surface area (Å²) in [6, 6.07) is 15.0. The van der Waals surface area contributed by atoms with E-state index in [9.17, 15) is 5.11 Å². The lowest BCUT2D eigenvalue weighted by Crippen LogP contribution is -2.05. The van der Waals surface area contributed by atoms with Crippen molar-refractivity contribution in [2.45, 2.75) is 6.54 Å². The Morgan fingerprint density at radius 2 is 1.78 bits per heavy atom. The maximum atomic E-state index is 9.31. The number of nitrogens with zero attached hydrogens (tertiary/aromatic N) is 2. The number of aromatic hydroxyl groups is 1. The van der Waals surface area contributed by atoms with E-state index in [1.165, 1.54) is 0 Å². The molecule has 1 aromatic heterocycles. The highest BCUT2D eigenvalue weighted by Crippen LogP contribution is 2.24. The number of aromatic nitrogens is 2. The molecule has 5 heteroatoms.